The molecule has 4 rings (SSSR count). The van der Waals surface area contributed by atoms with E-state index in [2.05, 4.69) is 22.4 Å². The predicted octanol–water partition coefficient (Wildman–Crippen LogP) is 5.21. The summed E-state index contributed by atoms with van der Waals surface area (Å²) in [6.45, 7) is 0. The van der Waals surface area contributed by atoms with Crippen LogP contribution in [0.1, 0.15) is 17.9 Å². The van der Waals surface area contributed by atoms with Gasteiger partial charge in [-0.05, 0) is 30.0 Å². The second-order valence-corrected chi connectivity index (χ2v) is 7.19. The molecule has 1 heterocycles. The highest BCUT2D eigenvalue weighted by atomic mass is 35.5. The fourth-order valence-electron chi connectivity index (χ4n) is 2.84. The SMILES string of the molecule is O=C(Nc1nc(-c2ccc(Cl)cc2)cs1)[C@@H]1C[C@H]1c1ccccc1. The molecule has 1 N–H and O–H groups in total. The van der Waals surface area contributed by atoms with Gasteiger partial charge in [-0.25, -0.2) is 4.98 Å². The van der Waals surface area contributed by atoms with Gasteiger partial charge >= 0.3 is 0 Å². The zero-order chi connectivity index (χ0) is 16.5. The largest absolute Gasteiger partial charge is 0.302 e. The molecule has 0 bridgehead atoms. The van der Waals surface area contributed by atoms with Crippen LogP contribution in [0.2, 0.25) is 5.02 Å². The van der Waals surface area contributed by atoms with Crippen molar-refractivity contribution in [2.24, 2.45) is 5.92 Å². The summed E-state index contributed by atoms with van der Waals surface area (Å²) >= 11 is 7.35. The molecule has 1 aliphatic rings. The van der Waals surface area contributed by atoms with Crippen molar-refractivity contribution in [3.63, 3.8) is 0 Å². The van der Waals surface area contributed by atoms with E-state index in [1.54, 1.807) is 0 Å². The van der Waals surface area contributed by atoms with Gasteiger partial charge in [0.05, 0.1) is 5.69 Å². The van der Waals surface area contributed by atoms with Crippen LogP contribution < -0.4 is 5.32 Å². The van der Waals surface area contributed by atoms with E-state index in [0.29, 0.717) is 16.1 Å². The van der Waals surface area contributed by atoms with Crippen molar-refractivity contribution < 1.29 is 4.79 Å². The van der Waals surface area contributed by atoms with Crippen LogP contribution >= 0.6 is 22.9 Å². The monoisotopic (exact) mass is 354 g/mol. The molecule has 1 fully saturated rings. The molecule has 0 aliphatic heterocycles. The lowest BCUT2D eigenvalue weighted by molar-refractivity contribution is -0.117. The standard InChI is InChI=1S/C19H15ClN2OS/c20-14-8-6-13(7-9-14)17-11-24-19(21-17)22-18(23)16-10-15(16)12-4-2-1-3-5-12/h1-9,11,15-16H,10H2,(H,21,22,23)/t15-,16+/m0/s1. The zero-order valence-electron chi connectivity index (χ0n) is 12.8. The number of benzene rings is 2. The van der Waals surface area contributed by atoms with E-state index in [1.807, 2.05) is 47.8 Å². The first-order chi connectivity index (χ1) is 11.7. The van der Waals surface area contributed by atoms with Crippen LogP contribution in [-0.4, -0.2) is 10.9 Å². The number of halogens is 1. The molecule has 2 atom stereocenters. The van der Waals surface area contributed by atoms with Crippen LogP contribution in [0.5, 0.6) is 0 Å². The number of rotatable bonds is 4. The quantitative estimate of drug-likeness (QED) is 0.699. The van der Waals surface area contributed by atoms with E-state index in [-0.39, 0.29) is 11.8 Å². The predicted molar refractivity (Wildman–Crippen MR) is 98.5 cm³/mol. The van der Waals surface area contributed by atoms with Gasteiger partial charge in [0.25, 0.3) is 0 Å². The van der Waals surface area contributed by atoms with Gasteiger partial charge in [0.1, 0.15) is 0 Å². The summed E-state index contributed by atoms with van der Waals surface area (Å²) in [5.74, 6) is 0.443. The third-order valence-electron chi connectivity index (χ3n) is 4.23. The molecule has 24 heavy (non-hydrogen) atoms. The highest BCUT2D eigenvalue weighted by molar-refractivity contribution is 7.14. The van der Waals surface area contributed by atoms with Gasteiger partial charge in [-0.1, -0.05) is 54.1 Å². The topological polar surface area (TPSA) is 42.0 Å². The number of hydrogen-bond donors (Lipinski definition) is 1. The van der Waals surface area contributed by atoms with Crippen LogP contribution in [0.15, 0.2) is 60.0 Å². The number of aromatic nitrogens is 1. The number of anilines is 1. The van der Waals surface area contributed by atoms with E-state index < -0.39 is 0 Å². The summed E-state index contributed by atoms with van der Waals surface area (Å²) in [5, 5.41) is 6.23. The molecule has 0 radical (unpaired) electrons. The summed E-state index contributed by atoms with van der Waals surface area (Å²) < 4.78 is 0. The van der Waals surface area contributed by atoms with E-state index >= 15 is 0 Å². The van der Waals surface area contributed by atoms with Gasteiger partial charge in [0.2, 0.25) is 5.91 Å². The van der Waals surface area contributed by atoms with Crippen molar-refractivity contribution in [1.29, 1.82) is 0 Å². The van der Waals surface area contributed by atoms with Gasteiger partial charge in [-0.15, -0.1) is 11.3 Å². The minimum atomic E-state index is 0.0512. The number of thiazole rings is 1. The lowest BCUT2D eigenvalue weighted by atomic mass is 10.1. The van der Waals surface area contributed by atoms with Gasteiger partial charge < -0.3 is 5.32 Å². The Kier molecular flexibility index (Phi) is 4.08. The molecular weight excluding hydrogens is 340 g/mol. The number of carbonyl (C=O) groups is 1. The maximum atomic E-state index is 12.4. The number of carbonyl (C=O) groups excluding carboxylic acids is 1. The minimum absolute atomic E-state index is 0.0512. The number of hydrogen-bond acceptors (Lipinski definition) is 3. The Hall–Kier alpha value is -2.17. The third-order valence-corrected chi connectivity index (χ3v) is 5.24. The molecule has 120 valence electrons. The zero-order valence-corrected chi connectivity index (χ0v) is 14.3. The van der Waals surface area contributed by atoms with Gasteiger partial charge in [0, 0.05) is 21.9 Å². The summed E-state index contributed by atoms with van der Waals surface area (Å²) in [6, 6.07) is 17.7. The van der Waals surface area contributed by atoms with Crippen LogP contribution in [0, 0.1) is 5.92 Å². The van der Waals surface area contributed by atoms with Gasteiger partial charge in [-0.3, -0.25) is 4.79 Å². The Bertz CT molecular complexity index is 861. The fraction of sp³-hybridized carbons (Fsp3) is 0.158. The highest BCUT2D eigenvalue weighted by Crippen LogP contribution is 2.48. The maximum absolute atomic E-state index is 12.4. The fourth-order valence-corrected chi connectivity index (χ4v) is 3.68. The Balaban J connectivity index is 1.41. The van der Waals surface area contributed by atoms with Gasteiger partial charge in [0.15, 0.2) is 5.13 Å². The normalized spacial score (nSPS) is 19.0. The van der Waals surface area contributed by atoms with E-state index in [0.717, 1.165) is 17.7 Å². The van der Waals surface area contributed by atoms with Crippen LogP contribution in [0.25, 0.3) is 11.3 Å². The number of nitrogens with one attached hydrogen (secondary N) is 1. The number of nitrogens with zero attached hydrogens (tertiary/aromatic N) is 1. The molecule has 1 aliphatic carbocycles. The first kappa shape index (κ1) is 15.4. The van der Waals surface area contributed by atoms with Crippen LogP contribution in [0.3, 0.4) is 0 Å². The highest BCUT2D eigenvalue weighted by Gasteiger charge is 2.44. The summed E-state index contributed by atoms with van der Waals surface area (Å²) in [7, 11) is 0. The van der Waals surface area contributed by atoms with Crippen molar-refractivity contribution in [3.8, 4) is 11.3 Å². The average Bonchev–Trinajstić information content (AvgIpc) is 3.29. The Morgan fingerprint density at radius 1 is 1.12 bits per heavy atom. The lowest BCUT2D eigenvalue weighted by Gasteiger charge is -2.01. The van der Waals surface area contributed by atoms with Crippen molar-refractivity contribution >= 4 is 34.0 Å². The molecule has 0 unspecified atom stereocenters. The van der Waals surface area contributed by atoms with Crippen molar-refractivity contribution in [1.82, 2.24) is 4.98 Å². The second-order valence-electron chi connectivity index (χ2n) is 5.89. The van der Waals surface area contributed by atoms with E-state index in [9.17, 15) is 4.79 Å². The van der Waals surface area contributed by atoms with E-state index in [1.165, 1.54) is 16.9 Å². The first-order valence-corrected chi connectivity index (χ1v) is 9.04. The molecule has 1 saturated carbocycles. The molecular formula is C19H15ClN2OS. The molecule has 2 aromatic carbocycles. The van der Waals surface area contributed by atoms with Gasteiger partial charge in [-0.2, -0.15) is 0 Å². The molecule has 0 spiro atoms. The average molecular weight is 355 g/mol. The van der Waals surface area contributed by atoms with Crippen molar-refractivity contribution in [3.05, 3.63) is 70.6 Å². The molecule has 3 aromatic rings. The molecule has 0 saturated heterocycles. The Labute approximate surface area is 149 Å². The van der Waals surface area contributed by atoms with Crippen molar-refractivity contribution in [2.45, 2.75) is 12.3 Å². The van der Waals surface area contributed by atoms with Crippen LogP contribution in [0.4, 0.5) is 5.13 Å². The Morgan fingerprint density at radius 3 is 2.62 bits per heavy atom. The lowest BCUT2D eigenvalue weighted by Crippen LogP contribution is -2.14. The van der Waals surface area contributed by atoms with E-state index in [4.69, 9.17) is 11.6 Å². The first-order valence-electron chi connectivity index (χ1n) is 7.78. The smallest absolute Gasteiger partial charge is 0.229 e. The maximum Gasteiger partial charge on any atom is 0.229 e. The van der Waals surface area contributed by atoms with Crippen molar-refractivity contribution in [2.75, 3.05) is 5.32 Å². The molecule has 3 nitrogen and oxygen atoms in total. The summed E-state index contributed by atoms with van der Waals surface area (Å²) in [5.41, 5.74) is 3.07. The summed E-state index contributed by atoms with van der Waals surface area (Å²) in [4.78, 5) is 16.9. The summed E-state index contributed by atoms with van der Waals surface area (Å²) in [6.07, 6.45) is 0.908. The van der Waals surface area contributed by atoms with Crippen LogP contribution in [-0.2, 0) is 4.79 Å². The molecule has 1 amide bonds. The number of amides is 1. The third kappa shape index (κ3) is 3.21. The Morgan fingerprint density at radius 2 is 1.88 bits per heavy atom. The molecule has 1 aromatic heterocycles. The molecule has 5 heteroatoms. The minimum Gasteiger partial charge on any atom is -0.302 e. The second kappa shape index (κ2) is 6.38.